The van der Waals surface area contributed by atoms with Crippen molar-refractivity contribution in [3.05, 3.63) is 11.6 Å². The molecule has 0 aromatic carbocycles. The zero-order chi connectivity index (χ0) is 10.0. The minimum atomic E-state index is -0.0863. The van der Waals surface area contributed by atoms with Crippen LogP contribution in [0.15, 0.2) is 11.6 Å². The standard InChI is InChI=1S/C12H22O/c1-8(2)7-11-9(3)5-6-12(13)10(11)4/h7,9-13H,5-6H2,1-4H3. The summed E-state index contributed by atoms with van der Waals surface area (Å²) in [5.74, 6) is 1.74. The second-order valence-electron chi connectivity index (χ2n) is 4.80. The van der Waals surface area contributed by atoms with Crippen LogP contribution >= 0.6 is 0 Å². The highest BCUT2D eigenvalue weighted by atomic mass is 16.3. The van der Waals surface area contributed by atoms with E-state index in [1.165, 1.54) is 12.0 Å². The van der Waals surface area contributed by atoms with Crippen molar-refractivity contribution in [1.82, 2.24) is 0 Å². The molecule has 0 spiro atoms. The van der Waals surface area contributed by atoms with E-state index in [-0.39, 0.29) is 6.10 Å². The summed E-state index contributed by atoms with van der Waals surface area (Å²) in [6.45, 7) is 8.75. The first-order valence-electron chi connectivity index (χ1n) is 5.35. The van der Waals surface area contributed by atoms with Crippen LogP contribution in [0.5, 0.6) is 0 Å². The third kappa shape index (κ3) is 2.57. The second-order valence-corrected chi connectivity index (χ2v) is 4.80. The van der Waals surface area contributed by atoms with Gasteiger partial charge in [-0.1, -0.05) is 25.5 Å². The predicted octanol–water partition coefficient (Wildman–Crippen LogP) is 3.00. The summed E-state index contributed by atoms with van der Waals surface area (Å²) < 4.78 is 0. The average Bonchev–Trinajstić information content (AvgIpc) is 2.05. The Morgan fingerprint density at radius 1 is 1.23 bits per heavy atom. The number of aliphatic hydroxyl groups is 1. The molecule has 1 nitrogen and oxygen atoms in total. The highest BCUT2D eigenvalue weighted by Crippen LogP contribution is 2.36. The van der Waals surface area contributed by atoms with E-state index in [0.717, 1.165) is 12.3 Å². The van der Waals surface area contributed by atoms with Crippen molar-refractivity contribution in [3.8, 4) is 0 Å². The number of hydrogen-bond acceptors (Lipinski definition) is 1. The molecule has 1 rings (SSSR count). The van der Waals surface area contributed by atoms with Gasteiger partial charge in [-0.3, -0.25) is 0 Å². The smallest absolute Gasteiger partial charge is 0.0571 e. The van der Waals surface area contributed by atoms with Crippen molar-refractivity contribution in [2.45, 2.75) is 46.6 Å². The van der Waals surface area contributed by atoms with Crippen LogP contribution < -0.4 is 0 Å². The number of rotatable bonds is 1. The van der Waals surface area contributed by atoms with Crippen LogP contribution in [0.4, 0.5) is 0 Å². The Morgan fingerprint density at radius 2 is 1.85 bits per heavy atom. The molecule has 13 heavy (non-hydrogen) atoms. The lowest BCUT2D eigenvalue weighted by Gasteiger charge is -2.36. The predicted molar refractivity (Wildman–Crippen MR) is 56.5 cm³/mol. The molecule has 76 valence electrons. The molecule has 0 amide bonds. The van der Waals surface area contributed by atoms with Crippen LogP contribution in [0, 0.1) is 17.8 Å². The van der Waals surface area contributed by atoms with Crippen LogP contribution in [0.25, 0.3) is 0 Å². The molecule has 1 saturated carbocycles. The SMILES string of the molecule is CC(C)=CC1C(C)CCC(O)C1C. The molecule has 4 atom stereocenters. The molecule has 1 aliphatic rings. The molecule has 1 N–H and O–H groups in total. The maximum atomic E-state index is 9.75. The molecular weight excluding hydrogens is 160 g/mol. The van der Waals surface area contributed by atoms with Crippen LogP contribution in [-0.2, 0) is 0 Å². The molecule has 0 heterocycles. The summed E-state index contributed by atoms with van der Waals surface area (Å²) in [6.07, 6.45) is 4.39. The zero-order valence-corrected chi connectivity index (χ0v) is 9.25. The Hall–Kier alpha value is -0.300. The van der Waals surface area contributed by atoms with E-state index < -0.39 is 0 Å². The quantitative estimate of drug-likeness (QED) is 0.618. The van der Waals surface area contributed by atoms with Crippen molar-refractivity contribution in [3.63, 3.8) is 0 Å². The highest BCUT2D eigenvalue weighted by Gasteiger charge is 2.31. The van der Waals surface area contributed by atoms with Gasteiger partial charge in [0.25, 0.3) is 0 Å². The molecule has 0 bridgehead atoms. The molecule has 1 heteroatoms. The van der Waals surface area contributed by atoms with Gasteiger partial charge in [-0.25, -0.2) is 0 Å². The van der Waals surface area contributed by atoms with Gasteiger partial charge in [0.05, 0.1) is 6.10 Å². The molecule has 0 aromatic heterocycles. The average molecular weight is 182 g/mol. The Labute approximate surface area is 81.9 Å². The molecule has 0 saturated heterocycles. The third-order valence-electron chi connectivity index (χ3n) is 3.31. The lowest BCUT2D eigenvalue weighted by molar-refractivity contribution is 0.0332. The summed E-state index contributed by atoms with van der Waals surface area (Å²) in [4.78, 5) is 0. The van der Waals surface area contributed by atoms with Gasteiger partial charge in [-0.15, -0.1) is 0 Å². The summed E-state index contributed by atoms with van der Waals surface area (Å²) in [6, 6.07) is 0. The van der Waals surface area contributed by atoms with E-state index in [1.54, 1.807) is 0 Å². The maximum Gasteiger partial charge on any atom is 0.0571 e. The van der Waals surface area contributed by atoms with Gasteiger partial charge in [0.2, 0.25) is 0 Å². The number of allylic oxidation sites excluding steroid dienone is 2. The normalized spacial score (nSPS) is 40.1. The van der Waals surface area contributed by atoms with Crippen LogP contribution in [0.2, 0.25) is 0 Å². The second kappa shape index (κ2) is 4.28. The van der Waals surface area contributed by atoms with Crippen molar-refractivity contribution in [1.29, 1.82) is 0 Å². The zero-order valence-electron chi connectivity index (χ0n) is 9.25. The summed E-state index contributed by atoms with van der Waals surface area (Å²) in [5.41, 5.74) is 1.37. The van der Waals surface area contributed by atoms with Gasteiger partial charge >= 0.3 is 0 Å². The minimum Gasteiger partial charge on any atom is -0.393 e. The first-order valence-corrected chi connectivity index (χ1v) is 5.35. The molecular formula is C12H22O. The summed E-state index contributed by atoms with van der Waals surface area (Å²) in [5, 5.41) is 9.75. The van der Waals surface area contributed by atoms with Gasteiger partial charge < -0.3 is 5.11 Å². The first-order chi connectivity index (χ1) is 6.02. The Bertz CT molecular complexity index is 191. The van der Waals surface area contributed by atoms with Gasteiger partial charge in [0.15, 0.2) is 0 Å². The summed E-state index contributed by atoms with van der Waals surface area (Å²) >= 11 is 0. The monoisotopic (exact) mass is 182 g/mol. The minimum absolute atomic E-state index is 0.0863. The van der Waals surface area contributed by atoms with Crippen LogP contribution in [-0.4, -0.2) is 11.2 Å². The number of aliphatic hydroxyl groups excluding tert-OH is 1. The Balaban J connectivity index is 2.72. The summed E-state index contributed by atoms with van der Waals surface area (Å²) in [7, 11) is 0. The molecule has 0 aliphatic heterocycles. The van der Waals surface area contributed by atoms with Crippen LogP contribution in [0.3, 0.4) is 0 Å². The first kappa shape index (κ1) is 10.8. The van der Waals surface area contributed by atoms with E-state index >= 15 is 0 Å². The van der Waals surface area contributed by atoms with E-state index in [1.807, 2.05) is 0 Å². The maximum absolute atomic E-state index is 9.75. The van der Waals surface area contributed by atoms with E-state index in [2.05, 4.69) is 33.8 Å². The Morgan fingerprint density at radius 3 is 2.38 bits per heavy atom. The van der Waals surface area contributed by atoms with Gasteiger partial charge in [-0.05, 0) is 44.4 Å². The van der Waals surface area contributed by atoms with Gasteiger partial charge in [-0.2, -0.15) is 0 Å². The fourth-order valence-corrected chi connectivity index (χ4v) is 2.36. The lowest BCUT2D eigenvalue weighted by Crippen LogP contribution is -2.34. The fraction of sp³-hybridized carbons (Fsp3) is 0.833. The lowest BCUT2D eigenvalue weighted by atomic mass is 9.71. The van der Waals surface area contributed by atoms with Gasteiger partial charge in [0, 0.05) is 0 Å². The van der Waals surface area contributed by atoms with E-state index in [9.17, 15) is 5.11 Å². The van der Waals surface area contributed by atoms with E-state index in [0.29, 0.717) is 11.8 Å². The fourth-order valence-electron chi connectivity index (χ4n) is 2.36. The molecule has 0 radical (unpaired) electrons. The highest BCUT2D eigenvalue weighted by molar-refractivity contribution is 5.02. The topological polar surface area (TPSA) is 20.2 Å². The molecule has 1 aliphatic carbocycles. The molecule has 4 unspecified atom stereocenters. The number of hydrogen-bond donors (Lipinski definition) is 1. The van der Waals surface area contributed by atoms with Gasteiger partial charge in [0.1, 0.15) is 0 Å². The van der Waals surface area contributed by atoms with Crippen molar-refractivity contribution in [2.24, 2.45) is 17.8 Å². The van der Waals surface area contributed by atoms with Crippen molar-refractivity contribution in [2.75, 3.05) is 0 Å². The van der Waals surface area contributed by atoms with Crippen LogP contribution in [0.1, 0.15) is 40.5 Å². The van der Waals surface area contributed by atoms with Crippen molar-refractivity contribution < 1.29 is 5.11 Å². The van der Waals surface area contributed by atoms with E-state index in [4.69, 9.17) is 0 Å². The van der Waals surface area contributed by atoms with Crippen molar-refractivity contribution >= 4 is 0 Å². The Kier molecular flexibility index (Phi) is 3.55. The third-order valence-corrected chi connectivity index (χ3v) is 3.31. The largest absolute Gasteiger partial charge is 0.393 e. The molecule has 0 aromatic rings. The molecule has 1 fully saturated rings.